The number of hydrogen-bond donors (Lipinski definition) is 1. The average Bonchev–Trinajstić information content (AvgIpc) is 3.10. The van der Waals surface area contributed by atoms with Crippen molar-refractivity contribution in [1.29, 1.82) is 0 Å². The minimum atomic E-state index is -0.733. The van der Waals surface area contributed by atoms with Crippen LogP contribution in [-0.4, -0.2) is 78.1 Å². The molecule has 0 saturated carbocycles. The Hall–Kier alpha value is -3.23. The summed E-state index contributed by atoms with van der Waals surface area (Å²) in [5.74, 6) is -0.887. The molecule has 0 radical (unpaired) electrons. The van der Waals surface area contributed by atoms with Crippen LogP contribution in [-0.2, 0) is 14.3 Å². The van der Waals surface area contributed by atoms with Gasteiger partial charge in [0.25, 0.3) is 11.7 Å². The van der Waals surface area contributed by atoms with E-state index in [0.29, 0.717) is 43.2 Å². The van der Waals surface area contributed by atoms with Crippen molar-refractivity contribution in [2.24, 2.45) is 0 Å². The monoisotopic (exact) mass is 437 g/mol. The van der Waals surface area contributed by atoms with Crippen LogP contribution in [0.25, 0.3) is 5.76 Å². The molecule has 2 aliphatic rings. The predicted molar refractivity (Wildman–Crippen MR) is 118 cm³/mol. The Morgan fingerprint density at radius 2 is 1.88 bits per heavy atom. The number of ketones is 1. The second kappa shape index (κ2) is 9.93. The van der Waals surface area contributed by atoms with E-state index >= 15 is 0 Å². The zero-order chi connectivity index (χ0) is 22.5. The summed E-state index contributed by atoms with van der Waals surface area (Å²) in [6.45, 7) is 4.34. The first-order chi connectivity index (χ1) is 15.6. The lowest BCUT2D eigenvalue weighted by molar-refractivity contribution is -0.140. The van der Waals surface area contributed by atoms with Gasteiger partial charge in [0, 0.05) is 37.9 Å². The summed E-state index contributed by atoms with van der Waals surface area (Å²) in [4.78, 5) is 34.2. The summed E-state index contributed by atoms with van der Waals surface area (Å²) >= 11 is 0. The Labute approximate surface area is 187 Å². The summed E-state index contributed by atoms with van der Waals surface area (Å²) in [7, 11) is 1.55. The number of carbonyl (C=O) groups is 2. The number of nitrogens with zero attached hydrogens (tertiary/aromatic N) is 3. The number of morpholine rings is 1. The van der Waals surface area contributed by atoms with Crippen LogP contribution < -0.4 is 4.74 Å². The van der Waals surface area contributed by atoms with Gasteiger partial charge in [0.2, 0.25) is 0 Å². The molecule has 8 heteroatoms. The number of likely N-dealkylation sites (tertiary alicyclic amines) is 1. The summed E-state index contributed by atoms with van der Waals surface area (Å²) in [5, 5.41) is 11.0. The topological polar surface area (TPSA) is 92.2 Å². The number of pyridine rings is 1. The first kappa shape index (κ1) is 22.0. The predicted octanol–water partition coefficient (Wildman–Crippen LogP) is 2.23. The van der Waals surface area contributed by atoms with Gasteiger partial charge in [0.15, 0.2) is 0 Å². The van der Waals surface area contributed by atoms with Gasteiger partial charge in [-0.05, 0) is 42.8 Å². The first-order valence-electron chi connectivity index (χ1n) is 10.7. The van der Waals surface area contributed by atoms with Crippen molar-refractivity contribution >= 4 is 17.4 Å². The molecule has 1 atom stereocenters. The number of aliphatic hydroxyl groups excluding tert-OH is 1. The van der Waals surface area contributed by atoms with Gasteiger partial charge in [-0.25, -0.2) is 0 Å². The third-order valence-electron chi connectivity index (χ3n) is 5.85. The van der Waals surface area contributed by atoms with E-state index < -0.39 is 17.7 Å². The molecule has 0 bridgehead atoms. The quantitative estimate of drug-likeness (QED) is 0.403. The molecule has 1 amide bonds. The number of amides is 1. The molecular formula is C24H27N3O5. The molecule has 1 N–H and O–H groups in total. The van der Waals surface area contributed by atoms with Crippen molar-refractivity contribution in [2.45, 2.75) is 12.5 Å². The van der Waals surface area contributed by atoms with Crippen LogP contribution in [0.1, 0.15) is 23.7 Å². The summed E-state index contributed by atoms with van der Waals surface area (Å²) in [6, 6.07) is 11.3. The Morgan fingerprint density at radius 1 is 1.12 bits per heavy atom. The van der Waals surface area contributed by atoms with Gasteiger partial charge < -0.3 is 19.5 Å². The molecule has 8 nitrogen and oxygen atoms in total. The fourth-order valence-electron chi connectivity index (χ4n) is 4.15. The van der Waals surface area contributed by atoms with Gasteiger partial charge in [-0.1, -0.05) is 6.07 Å². The lowest BCUT2D eigenvalue weighted by Crippen LogP contribution is -2.39. The Morgan fingerprint density at radius 3 is 2.53 bits per heavy atom. The van der Waals surface area contributed by atoms with Crippen molar-refractivity contribution in [3.8, 4) is 5.75 Å². The van der Waals surface area contributed by atoms with Crippen molar-refractivity contribution in [2.75, 3.05) is 46.5 Å². The van der Waals surface area contributed by atoms with Gasteiger partial charge >= 0.3 is 0 Å². The van der Waals surface area contributed by atoms with Gasteiger partial charge in [-0.15, -0.1) is 0 Å². The smallest absolute Gasteiger partial charge is 0.295 e. The van der Waals surface area contributed by atoms with Crippen LogP contribution in [0, 0.1) is 0 Å². The fraction of sp³-hybridized carbons (Fsp3) is 0.375. The number of Topliss-reactive ketones (excluding diaryl/α,β-unsaturated/α-hetero) is 1. The van der Waals surface area contributed by atoms with Gasteiger partial charge in [0.05, 0.1) is 31.6 Å². The van der Waals surface area contributed by atoms with Gasteiger partial charge in [0.1, 0.15) is 17.6 Å². The molecule has 1 unspecified atom stereocenters. The third-order valence-corrected chi connectivity index (χ3v) is 5.85. The first-order valence-corrected chi connectivity index (χ1v) is 10.7. The number of rotatable bonds is 7. The Balaban J connectivity index is 1.64. The number of hydrogen-bond acceptors (Lipinski definition) is 7. The highest BCUT2D eigenvalue weighted by Gasteiger charge is 2.46. The Kier molecular flexibility index (Phi) is 6.82. The largest absolute Gasteiger partial charge is 0.507 e. The molecule has 32 heavy (non-hydrogen) atoms. The lowest BCUT2D eigenvalue weighted by atomic mass is 9.98. The fourth-order valence-corrected chi connectivity index (χ4v) is 4.15. The molecule has 0 aliphatic carbocycles. The normalized spacial score (nSPS) is 21.2. The van der Waals surface area contributed by atoms with Crippen molar-refractivity contribution in [3.63, 3.8) is 0 Å². The molecule has 1 aromatic carbocycles. The van der Waals surface area contributed by atoms with Gasteiger partial charge in [-0.3, -0.25) is 19.5 Å². The second-order valence-electron chi connectivity index (χ2n) is 7.78. The van der Waals surface area contributed by atoms with E-state index in [0.717, 1.165) is 19.6 Å². The molecule has 3 heterocycles. The van der Waals surface area contributed by atoms with E-state index in [-0.39, 0.29) is 11.3 Å². The Bertz CT molecular complexity index is 984. The number of carbonyl (C=O) groups excluding carboxylic acids is 2. The van der Waals surface area contributed by atoms with E-state index in [1.807, 2.05) is 6.07 Å². The number of ether oxygens (including phenoxy) is 2. The third kappa shape index (κ3) is 4.51. The van der Waals surface area contributed by atoms with Crippen LogP contribution in [0.3, 0.4) is 0 Å². The summed E-state index contributed by atoms with van der Waals surface area (Å²) in [6.07, 6.45) is 2.33. The van der Waals surface area contributed by atoms with E-state index in [9.17, 15) is 14.7 Å². The van der Waals surface area contributed by atoms with Crippen molar-refractivity contribution in [1.82, 2.24) is 14.8 Å². The van der Waals surface area contributed by atoms with Crippen LogP contribution >= 0.6 is 0 Å². The lowest BCUT2D eigenvalue weighted by Gasteiger charge is -2.28. The molecule has 2 aliphatic heterocycles. The minimum Gasteiger partial charge on any atom is -0.507 e. The van der Waals surface area contributed by atoms with Crippen LogP contribution in [0.4, 0.5) is 0 Å². The van der Waals surface area contributed by atoms with Gasteiger partial charge in [-0.2, -0.15) is 0 Å². The molecule has 2 aromatic rings. The number of aromatic nitrogens is 1. The maximum atomic E-state index is 13.0. The molecule has 4 rings (SSSR count). The second-order valence-corrected chi connectivity index (χ2v) is 7.78. The average molecular weight is 437 g/mol. The molecule has 0 spiro atoms. The zero-order valence-electron chi connectivity index (χ0n) is 18.1. The highest BCUT2D eigenvalue weighted by molar-refractivity contribution is 6.46. The van der Waals surface area contributed by atoms with Crippen molar-refractivity contribution in [3.05, 3.63) is 65.5 Å². The maximum absolute atomic E-state index is 13.0. The molecule has 168 valence electrons. The van der Waals surface area contributed by atoms with Crippen LogP contribution in [0.5, 0.6) is 5.75 Å². The number of aliphatic hydroxyl groups is 1. The SMILES string of the molecule is COc1ccc(/C(O)=C2\C(=O)C(=O)N(CCCN3CCOCC3)C2c2ccccn2)cc1. The van der Waals surface area contributed by atoms with E-state index in [4.69, 9.17) is 9.47 Å². The summed E-state index contributed by atoms with van der Waals surface area (Å²) in [5.41, 5.74) is 1.05. The number of methoxy groups -OCH3 is 1. The zero-order valence-corrected chi connectivity index (χ0v) is 18.1. The maximum Gasteiger partial charge on any atom is 0.295 e. The van der Waals surface area contributed by atoms with E-state index in [2.05, 4.69) is 9.88 Å². The molecule has 2 saturated heterocycles. The molecule has 1 aromatic heterocycles. The molecular weight excluding hydrogens is 410 g/mol. The molecule has 2 fully saturated rings. The highest BCUT2D eigenvalue weighted by atomic mass is 16.5. The highest BCUT2D eigenvalue weighted by Crippen LogP contribution is 2.38. The van der Waals surface area contributed by atoms with Crippen LogP contribution in [0.15, 0.2) is 54.2 Å². The van der Waals surface area contributed by atoms with Crippen LogP contribution in [0.2, 0.25) is 0 Å². The minimum absolute atomic E-state index is 0.0604. The number of benzene rings is 1. The van der Waals surface area contributed by atoms with E-state index in [1.54, 1.807) is 49.7 Å². The van der Waals surface area contributed by atoms with Crippen molar-refractivity contribution < 1.29 is 24.2 Å². The van der Waals surface area contributed by atoms with E-state index in [1.165, 1.54) is 4.90 Å². The standard InChI is InChI=1S/C24H27N3O5/c1-31-18-8-6-17(7-9-18)22(28)20-21(19-5-2-3-10-25-19)27(24(30)23(20)29)12-4-11-26-13-15-32-16-14-26/h2-3,5-10,21,28H,4,11-16H2,1H3/b22-20+. The summed E-state index contributed by atoms with van der Waals surface area (Å²) < 4.78 is 10.5.